The first-order chi connectivity index (χ1) is 14.6. The molecule has 0 atom stereocenters. The van der Waals surface area contributed by atoms with Gasteiger partial charge >= 0.3 is 0 Å². The number of allylic oxidation sites excluding steroid dienone is 1. The maximum atomic E-state index is 12.6. The van der Waals surface area contributed by atoms with E-state index in [1.54, 1.807) is 19.4 Å². The molecule has 0 unspecified atom stereocenters. The van der Waals surface area contributed by atoms with Crippen molar-refractivity contribution in [1.82, 2.24) is 0 Å². The highest BCUT2D eigenvalue weighted by atomic mass is 16.5. The second kappa shape index (κ2) is 8.29. The van der Waals surface area contributed by atoms with Gasteiger partial charge in [-0.25, -0.2) is 0 Å². The highest BCUT2D eigenvalue weighted by molar-refractivity contribution is 6.05. The Bertz CT molecular complexity index is 1240. The van der Waals surface area contributed by atoms with Crippen molar-refractivity contribution in [3.8, 4) is 16.9 Å². The number of amides is 1. The SMILES string of the molecule is COc1cc2occ(-c3ccccc3)c2cc1/C(C)=C/C(=O)Nc1ccccc1C. The molecule has 4 heteroatoms. The quantitative estimate of drug-likeness (QED) is 0.393. The van der Waals surface area contributed by atoms with E-state index in [0.717, 1.165) is 44.5 Å². The fourth-order valence-electron chi connectivity index (χ4n) is 3.53. The van der Waals surface area contributed by atoms with Crippen LogP contribution in [0.15, 0.2) is 83.5 Å². The van der Waals surface area contributed by atoms with Crippen LogP contribution in [0.3, 0.4) is 0 Å². The summed E-state index contributed by atoms with van der Waals surface area (Å²) in [6.45, 7) is 3.87. The topological polar surface area (TPSA) is 51.5 Å². The van der Waals surface area contributed by atoms with Crippen LogP contribution >= 0.6 is 0 Å². The van der Waals surface area contributed by atoms with E-state index in [1.807, 2.05) is 80.6 Å². The van der Waals surface area contributed by atoms with Gasteiger partial charge in [-0.1, -0.05) is 48.5 Å². The lowest BCUT2D eigenvalue weighted by Gasteiger charge is -2.11. The van der Waals surface area contributed by atoms with Gasteiger partial charge in [-0.3, -0.25) is 4.79 Å². The Kier molecular flexibility index (Phi) is 5.40. The van der Waals surface area contributed by atoms with Crippen LogP contribution in [-0.2, 0) is 4.79 Å². The molecule has 0 fully saturated rings. The number of furan rings is 1. The number of hydrogen-bond acceptors (Lipinski definition) is 3. The van der Waals surface area contributed by atoms with Gasteiger partial charge in [-0.05, 0) is 42.7 Å². The van der Waals surface area contributed by atoms with Gasteiger partial charge in [0.1, 0.15) is 11.3 Å². The molecule has 0 saturated carbocycles. The van der Waals surface area contributed by atoms with Crippen LogP contribution in [0.2, 0.25) is 0 Å². The highest BCUT2D eigenvalue weighted by Gasteiger charge is 2.15. The fourth-order valence-corrected chi connectivity index (χ4v) is 3.53. The van der Waals surface area contributed by atoms with Crippen LogP contribution in [0.25, 0.3) is 27.7 Å². The van der Waals surface area contributed by atoms with E-state index in [-0.39, 0.29) is 5.91 Å². The molecule has 0 aliphatic carbocycles. The van der Waals surface area contributed by atoms with Crippen molar-refractivity contribution >= 4 is 28.1 Å². The van der Waals surface area contributed by atoms with Gasteiger partial charge in [0.05, 0.1) is 13.4 Å². The Morgan fingerprint density at radius 2 is 1.77 bits per heavy atom. The minimum absolute atomic E-state index is 0.181. The van der Waals surface area contributed by atoms with E-state index >= 15 is 0 Å². The predicted molar refractivity (Wildman–Crippen MR) is 122 cm³/mol. The highest BCUT2D eigenvalue weighted by Crippen LogP contribution is 2.37. The number of rotatable bonds is 5. The van der Waals surface area contributed by atoms with Gasteiger partial charge in [0.2, 0.25) is 5.91 Å². The van der Waals surface area contributed by atoms with Crippen molar-refractivity contribution in [1.29, 1.82) is 0 Å². The molecular weight excluding hydrogens is 374 g/mol. The summed E-state index contributed by atoms with van der Waals surface area (Å²) in [6.07, 6.45) is 3.35. The molecule has 1 aromatic heterocycles. The van der Waals surface area contributed by atoms with Gasteiger partial charge in [0.15, 0.2) is 0 Å². The number of fused-ring (bicyclic) bond motifs is 1. The van der Waals surface area contributed by atoms with Crippen molar-refractivity contribution in [3.05, 3.63) is 90.2 Å². The van der Waals surface area contributed by atoms with Crippen LogP contribution in [-0.4, -0.2) is 13.0 Å². The minimum atomic E-state index is -0.181. The zero-order valence-electron chi connectivity index (χ0n) is 17.2. The molecule has 150 valence electrons. The molecule has 3 aromatic carbocycles. The average Bonchev–Trinajstić information content (AvgIpc) is 3.18. The van der Waals surface area contributed by atoms with Crippen LogP contribution in [0, 0.1) is 6.92 Å². The summed E-state index contributed by atoms with van der Waals surface area (Å²) >= 11 is 0. The third-order valence-corrected chi connectivity index (χ3v) is 5.16. The molecule has 4 nitrogen and oxygen atoms in total. The number of ether oxygens (including phenoxy) is 1. The number of nitrogens with one attached hydrogen (secondary N) is 1. The van der Waals surface area contributed by atoms with Crippen LogP contribution in [0.1, 0.15) is 18.1 Å². The lowest BCUT2D eigenvalue weighted by Crippen LogP contribution is -2.09. The molecule has 0 bridgehead atoms. The maximum absolute atomic E-state index is 12.6. The van der Waals surface area contributed by atoms with E-state index in [0.29, 0.717) is 5.75 Å². The summed E-state index contributed by atoms with van der Waals surface area (Å²) in [5, 5.41) is 3.92. The molecule has 0 aliphatic heterocycles. The van der Waals surface area contributed by atoms with Gasteiger partial charge in [0, 0.05) is 34.3 Å². The number of carbonyl (C=O) groups is 1. The summed E-state index contributed by atoms with van der Waals surface area (Å²) in [7, 11) is 1.62. The second-order valence-corrected chi connectivity index (χ2v) is 7.20. The van der Waals surface area contributed by atoms with Crippen molar-refractivity contribution in [3.63, 3.8) is 0 Å². The standard InChI is InChI=1S/C26H23NO3/c1-17-9-7-8-12-23(17)27-26(28)13-18(2)20-14-21-22(19-10-5-4-6-11-19)16-30-25(21)15-24(20)29-3/h4-16H,1-3H3,(H,27,28)/b18-13+. The lowest BCUT2D eigenvalue weighted by molar-refractivity contribution is -0.111. The van der Waals surface area contributed by atoms with Crippen LogP contribution in [0.5, 0.6) is 5.75 Å². The molecule has 30 heavy (non-hydrogen) atoms. The Morgan fingerprint density at radius 3 is 2.50 bits per heavy atom. The number of para-hydroxylation sites is 1. The van der Waals surface area contributed by atoms with E-state index < -0.39 is 0 Å². The van der Waals surface area contributed by atoms with Crippen molar-refractivity contribution < 1.29 is 13.9 Å². The molecular formula is C26H23NO3. The third kappa shape index (κ3) is 3.85. The Morgan fingerprint density at radius 1 is 1.03 bits per heavy atom. The molecule has 4 rings (SSSR count). The number of hydrogen-bond donors (Lipinski definition) is 1. The molecule has 1 N–H and O–H groups in total. The first kappa shape index (κ1) is 19.5. The number of carbonyl (C=O) groups excluding carboxylic acids is 1. The van der Waals surface area contributed by atoms with E-state index in [1.165, 1.54) is 0 Å². The first-order valence-corrected chi connectivity index (χ1v) is 9.77. The van der Waals surface area contributed by atoms with Crippen molar-refractivity contribution in [2.75, 3.05) is 12.4 Å². The minimum Gasteiger partial charge on any atom is -0.496 e. The summed E-state index contributed by atoms with van der Waals surface area (Å²) in [6, 6.07) is 21.7. The Labute approximate surface area is 175 Å². The number of benzene rings is 3. The fraction of sp³-hybridized carbons (Fsp3) is 0.115. The number of aryl methyl sites for hydroxylation is 1. The molecule has 0 aliphatic rings. The smallest absolute Gasteiger partial charge is 0.248 e. The summed E-state index contributed by atoms with van der Waals surface area (Å²) in [5.41, 5.74) is 6.30. The Hall–Kier alpha value is -3.79. The van der Waals surface area contributed by atoms with Crippen LogP contribution in [0.4, 0.5) is 5.69 Å². The Balaban J connectivity index is 1.72. The third-order valence-electron chi connectivity index (χ3n) is 5.16. The molecule has 0 spiro atoms. The van der Waals surface area contributed by atoms with E-state index in [2.05, 4.69) is 5.32 Å². The lowest BCUT2D eigenvalue weighted by atomic mass is 9.99. The van der Waals surface area contributed by atoms with Gasteiger partial charge in [-0.15, -0.1) is 0 Å². The number of anilines is 1. The molecule has 0 saturated heterocycles. The predicted octanol–water partition coefficient (Wildman–Crippen LogP) is 6.46. The number of methoxy groups -OCH3 is 1. The molecule has 1 heterocycles. The molecule has 0 radical (unpaired) electrons. The van der Waals surface area contributed by atoms with Gasteiger partial charge in [-0.2, -0.15) is 0 Å². The van der Waals surface area contributed by atoms with E-state index in [4.69, 9.17) is 9.15 Å². The monoisotopic (exact) mass is 397 g/mol. The van der Waals surface area contributed by atoms with Gasteiger partial charge in [0.25, 0.3) is 0 Å². The van der Waals surface area contributed by atoms with Crippen LogP contribution < -0.4 is 10.1 Å². The first-order valence-electron chi connectivity index (χ1n) is 9.77. The van der Waals surface area contributed by atoms with Gasteiger partial charge < -0.3 is 14.5 Å². The van der Waals surface area contributed by atoms with Crippen molar-refractivity contribution in [2.24, 2.45) is 0 Å². The maximum Gasteiger partial charge on any atom is 0.248 e. The zero-order chi connectivity index (χ0) is 21.1. The summed E-state index contributed by atoms with van der Waals surface area (Å²) < 4.78 is 11.4. The summed E-state index contributed by atoms with van der Waals surface area (Å²) in [4.78, 5) is 12.6. The average molecular weight is 397 g/mol. The van der Waals surface area contributed by atoms with Crippen molar-refractivity contribution in [2.45, 2.75) is 13.8 Å². The van der Waals surface area contributed by atoms with E-state index in [9.17, 15) is 4.79 Å². The molecule has 4 aromatic rings. The molecule has 1 amide bonds. The summed E-state index contributed by atoms with van der Waals surface area (Å²) in [5.74, 6) is 0.480. The zero-order valence-corrected chi connectivity index (χ0v) is 17.2. The second-order valence-electron chi connectivity index (χ2n) is 7.20. The largest absolute Gasteiger partial charge is 0.496 e. The normalized spacial score (nSPS) is 11.5.